The number of carboxylic acid groups (broad SMARTS) is 1. The molecule has 122 valence electrons. The smallest absolute Gasteiger partial charge is 0.339 e. The lowest BCUT2D eigenvalue weighted by Gasteiger charge is -2.11. The van der Waals surface area contributed by atoms with Gasteiger partial charge in [-0.25, -0.2) is 9.59 Å². The van der Waals surface area contributed by atoms with Crippen LogP contribution in [-0.4, -0.2) is 21.3 Å². The lowest BCUT2D eigenvalue weighted by atomic mass is 10.1. The molecule has 0 saturated heterocycles. The summed E-state index contributed by atoms with van der Waals surface area (Å²) in [5.74, 6) is -1.77. The Kier molecular flexibility index (Phi) is 3.83. The summed E-state index contributed by atoms with van der Waals surface area (Å²) in [6.07, 6.45) is 0. The van der Waals surface area contributed by atoms with E-state index < -0.39 is 17.3 Å². The Hall–Kier alpha value is -3.48. The van der Waals surface area contributed by atoms with Crippen molar-refractivity contribution in [3.8, 4) is 17.2 Å². The van der Waals surface area contributed by atoms with Crippen LogP contribution in [0.5, 0.6) is 17.2 Å². The molecule has 0 radical (unpaired) electrons. The minimum absolute atomic E-state index is 0.00902. The third-order valence-electron chi connectivity index (χ3n) is 3.43. The molecular formula is C17H12O7. The first-order valence-electron chi connectivity index (χ1n) is 6.89. The fourth-order valence-corrected chi connectivity index (χ4v) is 2.29. The van der Waals surface area contributed by atoms with Gasteiger partial charge < -0.3 is 24.5 Å². The Morgan fingerprint density at radius 1 is 1.08 bits per heavy atom. The van der Waals surface area contributed by atoms with Crippen molar-refractivity contribution in [2.75, 3.05) is 0 Å². The van der Waals surface area contributed by atoms with Crippen molar-refractivity contribution in [1.82, 2.24) is 0 Å². The zero-order valence-corrected chi connectivity index (χ0v) is 12.2. The van der Waals surface area contributed by atoms with Gasteiger partial charge in [0.25, 0.3) is 0 Å². The van der Waals surface area contributed by atoms with Crippen LogP contribution in [0.1, 0.15) is 15.9 Å². The van der Waals surface area contributed by atoms with Crippen LogP contribution in [-0.2, 0) is 6.61 Å². The molecule has 7 nitrogen and oxygen atoms in total. The number of ether oxygens (including phenoxy) is 1. The normalized spacial score (nSPS) is 10.7. The van der Waals surface area contributed by atoms with Gasteiger partial charge >= 0.3 is 11.6 Å². The number of carbonyl (C=O) groups is 1. The minimum atomic E-state index is -1.13. The highest BCUT2D eigenvalue weighted by molar-refractivity contribution is 5.90. The van der Waals surface area contributed by atoms with Gasteiger partial charge in [0.15, 0.2) is 11.5 Å². The van der Waals surface area contributed by atoms with E-state index in [9.17, 15) is 19.8 Å². The standard InChI is InChI=1S/C17H12O7/c18-12-6-11-9(5-16(20)24-15(11)7-13(12)19)8-23-14-4-2-1-3-10(14)17(21)22/h1-7,18-19H,8H2,(H,21,22). The Balaban J connectivity index is 2.01. The largest absolute Gasteiger partial charge is 0.504 e. The van der Waals surface area contributed by atoms with Crippen LogP contribution in [0.2, 0.25) is 0 Å². The van der Waals surface area contributed by atoms with Crippen LogP contribution >= 0.6 is 0 Å². The molecular weight excluding hydrogens is 316 g/mol. The number of carboxylic acids is 1. The topological polar surface area (TPSA) is 117 Å². The Morgan fingerprint density at radius 3 is 2.54 bits per heavy atom. The van der Waals surface area contributed by atoms with Crippen LogP contribution in [0.3, 0.4) is 0 Å². The van der Waals surface area contributed by atoms with Gasteiger partial charge in [-0.15, -0.1) is 0 Å². The van der Waals surface area contributed by atoms with E-state index in [0.29, 0.717) is 10.9 Å². The fraction of sp³-hybridized carbons (Fsp3) is 0.0588. The molecule has 0 spiro atoms. The predicted octanol–water partition coefficient (Wildman–Crippen LogP) is 2.48. The number of phenols is 2. The van der Waals surface area contributed by atoms with Gasteiger partial charge in [0.05, 0.1) is 0 Å². The monoisotopic (exact) mass is 328 g/mol. The average Bonchev–Trinajstić information content (AvgIpc) is 2.54. The van der Waals surface area contributed by atoms with E-state index in [4.69, 9.17) is 14.3 Å². The summed E-state index contributed by atoms with van der Waals surface area (Å²) in [5.41, 5.74) is -0.192. The van der Waals surface area contributed by atoms with E-state index in [1.165, 1.54) is 24.3 Å². The molecule has 0 saturated carbocycles. The third kappa shape index (κ3) is 2.87. The van der Waals surface area contributed by atoms with Crippen LogP contribution in [0.4, 0.5) is 0 Å². The van der Waals surface area contributed by atoms with Crippen molar-refractivity contribution >= 4 is 16.9 Å². The highest BCUT2D eigenvalue weighted by Gasteiger charge is 2.13. The molecule has 0 aliphatic rings. The van der Waals surface area contributed by atoms with Crippen LogP contribution in [0, 0.1) is 0 Å². The number of rotatable bonds is 4. The maximum atomic E-state index is 11.6. The molecule has 0 fully saturated rings. The number of hydrogen-bond donors (Lipinski definition) is 3. The first kappa shape index (κ1) is 15.4. The summed E-state index contributed by atoms with van der Waals surface area (Å²) in [7, 11) is 0. The van der Waals surface area contributed by atoms with Gasteiger partial charge in [-0.2, -0.15) is 0 Å². The zero-order valence-electron chi connectivity index (χ0n) is 12.2. The first-order valence-corrected chi connectivity index (χ1v) is 6.89. The first-order chi connectivity index (χ1) is 11.5. The second-order valence-electron chi connectivity index (χ2n) is 5.02. The molecule has 0 unspecified atom stereocenters. The highest BCUT2D eigenvalue weighted by atomic mass is 16.5. The van der Waals surface area contributed by atoms with E-state index in [1.54, 1.807) is 12.1 Å². The Morgan fingerprint density at radius 2 is 1.79 bits per heavy atom. The fourth-order valence-electron chi connectivity index (χ4n) is 2.29. The molecule has 7 heteroatoms. The molecule has 3 aromatic rings. The van der Waals surface area contributed by atoms with Crippen LogP contribution < -0.4 is 10.4 Å². The van der Waals surface area contributed by atoms with Gasteiger partial charge in [-0.3, -0.25) is 0 Å². The number of para-hydroxylation sites is 1. The molecule has 0 bridgehead atoms. The number of benzene rings is 2. The summed E-state index contributed by atoms with van der Waals surface area (Å²) in [6, 6.07) is 9.66. The molecule has 0 aliphatic carbocycles. The van der Waals surface area contributed by atoms with E-state index in [2.05, 4.69) is 0 Å². The molecule has 24 heavy (non-hydrogen) atoms. The second kappa shape index (κ2) is 5.96. The lowest BCUT2D eigenvalue weighted by Crippen LogP contribution is -2.06. The average molecular weight is 328 g/mol. The van der Waals surface area contributed by atoms with Crippen LogP contribution in [0.15, 0.2) is 51.7 Å². The Labute approximate surface area is 135 Å². The van der Waals surface area contributed by atoms with Crippen molar-refractivity contribution in [2.45, 2.75) is 6.61 Å². The summed E-state index contributed by atoms with van der Waals surface area (Å²) in [6.45, 7) is -0.114. The van der Waals surface area contributed by atoms with E-state index in [-0.39, 0.29) is 29.3 Å². The van der Waals surface area contributed by atoms with Crippen molar-refractivity contribution in [3.63, 3.8) is 0 Å². The SMILES string of the molecule is O=C(O)c1ccccc1OCc1cc(=O)oc2cc(O)c(O)cc12. The summed E-state index contributed by atoms with van der Waals surface area (Å²) < 4.78 is 10.5. The quantitative estimate of drug-likeness (QED) is 0.497. The molecule has 0 aliphatic heterocycles. The van der Waals surface area contributed by atoms with E-state index in [1.807, 2.05) is 0 Å². The van der Waals surface area contributed by atoms with Gasteiger partial charge in [0.2, 0.25) is 0 Å². The number of hydrogen-bond acceptors (Lipinski definition) is 6. The van der Waals surface area contributed by atoms with Gasteiger partial charge in [-0.1, -0.05) is 12.1 Å². The molecule has 0 amide bonds. The number of aromatic hydroxyl groups is 2. The maximum Gasteiger partial charge on any atom is 0.339 e. The maximum absolute atomic E-state index is 11.6. The van der Waals surface area contributed by atoms with Crippen molar-refractivity contribution in [3.05, 3.63) is 64.0 Å². The Bertz CT molecular complexity index is 988. The number of phenolic OH excluding ortho intramolecular Hbond substituents is 2. The zero-order chi connectivity index (χ0) is 17.3. The van der Waals surface area contributed by atoms with Gasteiger partial charge in [0, 0.05) is 23.1 Å². The number of fused-ring (bicyclic) bond motifs is 1. The predicted molar refractivity (Wildman–Crippen MR) is 83.5 cm³/mol. The minimum Gasteiger partial charge on any atom is -0.504 e. The molecule has 0 atom stereocenters. The molecule has 1 heterocycles. The van der Waals surface area contributed by atoms with Crippen LogP contribution in [0.25, 0.3) is 11.0 Å². The van der Waals surface area contributed by atoms with E-state index >= 15 is 0 Å². The highest BCUT2D eigenvalue weighted by Crippen LogP contribution is 2.31. The molecule has 3 N–H and O–H groups in total. The summed E-state index contributed by atoms with van der Waals surface area (Å²) in [5, 5.41) is 28.6. The second-order valence-corrected chi connectivity index (χ2v) is 5.02. The van der Waals surface area contributed by atoms with Crippen molar-refractivity contribution in [1.29, 1.82) is 0 Å². The summed E-state index contributed by atoms with van der Waals surface area (Å²) >= 11 is 0. The molecule has 1 aromatic heterocycles. The van der Waals surface area contributed by atoms with Crippen molar-refractivity contribution in [2.24, 2.45) is 0 Å². The lowest BCUT2D eigenvalue weighted by molar-refractivity contribution is 0.0691. The third-order valence-corrected chi connectivity index (χ3v) is 3.43. The molecule has 2 aromatic carbocycles. The number of aromatic carboxylic acids is 1. The van der Waals surface area contributed by atoms with Gasteiger partial charge in [0.1, 0.15) is 23.5 Å². The summed E-state index contributed by atoms with van der Waals surface area (Å²) in [4.78, 5) is 22.8. The van der Waals surface area contributed by atoms with E-state index in [0.717, 1.165) is 6.07 Å². The van der Waals surface area contributed by atoms with Crippen molar-refractivity contribution < 1.29 is 29.3 Å². The molecule has 3 rings (SSSR count). The van der Waals surface area contributed by atoms with Gasteiger partial charge in [-0.05, 0) is 18.2 Å².